The summed E-state index contributed by atoms with van der Waals surface area (Å²) in [7, 11) is 0. The van der Waals surface area contributed by atoms with Gasteiger partial charge in [0.15, 0.2) is 0 Å². The monoisotopic (exact) mass is 243 g/mol. The Morgan fingerprint density at radius 3 is 2.00 bits per heavy atom. The Hall–Kier alpha value is -1.49. The summed E-state index contributed by atoms with van der Waals surface area (Å²) in [4.78, 5) is 11.0. The maximum Gasteiger partial charge on any atom is 0.325 e. The lowest BCUT2D eigenvalue weighted by atomic mass is 10.0. The third-order valence-corrected chi connectivity index (χ3v) is 2.27. The minimum atomic E-state index is -2.54. The SMILES string of the molecule is CC(C)NC(C(=O)O)c1ccc(C(F)F)cc1. The molecule has 3 nitrogen and oxygen atoms in total. The second kappa shape index (κ2) is 5.72. The van der Waals surface area contributed by atoms with E-state index in [1.165, 1.54) is 24.3 Å². The van der Waals surface area contributed by atoms with Gasteiger partial charge in [-0.2, -0.15) is 0 Å². The van der Waals surface area contributed by atoms with Crippen LogP contribution in [-0.4, -0.2) is 17.1 Å². The van der Waals surface area contributed by atoms with Gasteiger partial charge in [0.25, 0.3) is 6.43 Å². The lowest BCUT2D eigenvalue weighted by Crippen LogP contribution is -2.33. The molecule has 0 fully saturated rings. The largest absolute Gasteiger partial charge is 0.480 e. The van der Waals surface area contributed by atoms with Crippen LogP contribution in [0.15, 0.2) is 24.3 Å². The fraction of sp³-hybridized carbons (Fsp3) is 0.417. The summed E-state index contributed by atoms with van der Waals surface area (Å²) in [5.41, 5.74) is 0.359. The summed E-state index contributed by atoms with van der Waals surface area (Å²) in [6, 6.07) is 4.44. The van der Waals surface area contributed by atoms with E-state index < -0.39 is 18.4 Å². The minimum Gasteiger partial charge on any atom is -0.480 e. The van der Waals surface area contributed by atoms with Crippen LogP contribution in [0, 0.1) is 0 Å². The maximum atomic E-state index is 12.3. The van der Waals surface area contributed by atoms with E-state index in [1.54, 1.807) is 0 Å². The molecular formula is C12H15F2NO2. The van der Waals surface area contributed by atoms with Gasteiger partial charge in [0, 0.05) is 11.6 Å². The molecule has 0 saturated heterocycles. The topological polar surface area (TPSA) is 49.3 Å². The van der Waals surface area contributed by atoms with Crippen molar-refractivity contribution in [3.8, 4) is 0 Å². The standard InChI is InChI=1S/C12H15F2NO2/c1-7(2)15-10(12(16)17)8-3-5-9(6-4-8)11(13)14/h3-7,10-11,15H,1-2H3,(H,16,17). The van der Waals surface area contributed by atoms with Crippen LogP contribution in [0.3, 0.4) is 0 Å². The Balaban J connectivity index is 2.91. The van der Waals surface area contributed by atoms with Gasteiger partial charge in [0.05, 0.1) is 0 Å². The molecule has 17 heavy (non-hydrogen) atoms. The first-order chi connectivity index (χ1) is 7.91. The van der Waals surface area contributed by atoms with Crippen molar-refractivity contribution in [2.75, 3.05) is 0 Å². The third-order valence-electron chi connectivity index (χ3n) is 2.27. The van der Waals surface area contributed by atoms with Crippen LogP contribution in [0.25, 0.3) is 0 Å². The molecule has 2 N–H and O–H groups in total. The summed E-state index contributed by atoms with van der Waals surface area (Å²) < 4.78 is 24.7. The first kappa shape index (κ1) is 13.6. The summed E-state index contributed by atoms with van der Waals surface area (Å²) in [5.74, 6) is -1.02. The molecule has 1 unspecified atom stereocenters. The lowest BCUT2D eigenvalue weighted by molar-refractivity contribution is -0.139. The number of hydrogen-bond donors (Lipinski definition) is 2. The molecule has 1 aromatic carbocycles. The molecule has 0 saturated carbocycles. The zero-order valence-corrected chi connectivity index (χ0v) is 9.65. The van der Waals surface area contributed by atoms with Crippen LogP contribution >= 0.6 is 0 Å². The number of carbonyl (C=O) groups is 1. The van der Waals surface area contributed by atoms with Crippen molar-refractivity contribution in [1.29, 1.82) is 0 Å². The fourth-order valence-corrected chi connectivity index (χ4v) is 1.48. The van der Waals surface area contributed by atoms with E-state index in [4.69, 9.17) is 5.11 Å². The van der Waals surface area contributed by atoms with Gasteiger partial charge in [-0.05, 0) is 19.4 Å². The molecule has 0 radical (unpaired) electrons. The number of carboxylic acids is 1. The highest BCUT2D eigenvalue weighted by atomic mass is 19.3. The van der Waals surface area contributed by atoms with Gasteiger partial charge in [-0.15, -0.1) is 0 Å². The first-order valence-corrected chi connectivity index (χ1v) is 5.28. The van der Waals surface area contributed by atoms with Gasteiger partial charge < -0.3 is 5.11 Å². The molecule has 5 heteroatoms. The zero-order valence-electron chi connectivity index (χ0n) is 9.65. The Morgan fingerprint density at radius 1 is 1.18 bits per heavy atom. The van der Waals surface area contributed by atoms with E-state index in [9.17, 15) is 13.6 Å². The van der Waals surface area contributed by atoms with Crippen molar-refractivity contribution in [1.82, 2.24) is 5.32 Å². The number of benzene rings is 1. The van der Waals surface area contributed by atoms with Crippen LogP contribution in [0.4, 0.5) is 8.78 Å². The van der Waals surface area contributed by atoms with Gasteiger partial charge >= 0.3 is 5.97 Å². The molecule has 0 spiro atoms. The van der Waals surface area contributed by atoms with E-state index in [1.807, 2.05) is 13.8 Å². The number of halogens is 2. The van der Waals surface area contributed by atoms with Crippen LogP contribution < -0.4 is 5.32 Å². The Bertz CT molecular complexity index is 377. The molecule has 1 atom stereocenters. The Morgan fingerprint density at radius 2 is 1.65 bits per heavy atom. The number of hydrogen-bond acceptors (Lipinski definition) is 2. The number of rotatable bonds is 5. The third kappa shape index (κ3) is 3.78. The van der Waals surface area contributed by atoms with E-state index >= 15 is 0 Å². The van der Waals surface area contributed by atoms with Crippen LogP contribution in [-0.2, 0) is 4.79 Å². The summed E-state index contributed by atoms with van der Waals surface area (Å²) in [6.45, 7) is 3.65. The molecule has 0 aliphatic rings. The summed E-state index contributed by atoms with van der Waals surface area (Å²) >= 11 is 0. The van der Waals surface area contributed by atoms with Crippen molar-refractivity contribution in [2.45, 2.75) is 32.4 Å². The smallest absolute Gasteiger partial charge is 0.325 e. The normalized spacial score (nSPS) is 13.1. The van der Waals surface area contributed by atoms with Gasteiger partial charge in [0.1, 0.15) is 6.04 Å². The predicted octanol–water partition coefficient (Wildman–Crippen LogP) is 2.75. The van der Waals surface area contributed by atoms with Gasteiger partial charge in [-0.1, -0.05) is 24.3 Å². The second-order valence-corrected chi connectivity index (χ2v) is 4.06. The molecule has 1 aromatic rings. The fourth-order valence-electron chi connectivity index (χ4n) is 1.48. The molecule has 0 bridgehead atoms. The van der Waals surface area contributed by atoms with Crippen molar-refractivity contribution in [3.05, 3.63) is 35.4 Å². The highest BCUT2D eigenvalue weighted by molar-refractivity contribution is 5.75. The van der Waals surface area contributed by atoms with Crippen molar-refractivity contribution >= 4 is 5.97 Å². The van der Waals surface area contributed by atoms with Crippen molar-refractivity contribution in [3.63, 3.8) is 0 Å². The number of carboxylic acid groups (broad SMARTS) is 1. The molecular weight excluding hydrogens is 228 g/mol. The predicted molar refractivity (Wildman–Crippen MR) is 60.0 cm³/mol. The molecule has 0 amide bonds. The molecule has 0 heterocycles. The van der Waals surface area contributed by atoms with E-state index in [0.717, 1.165) is 0 Å². The number of nitrogens with one attached hydrogen (secondary N) is 1. The van der Waals surface area contributed by atoms with Crippen molar-refractivity contribution < 1.29 is 18.7 Å². The molecule has 94 valence electrons. The highest BCUT2D eigenvalue weighted by Crippen LogP contribution is 2.21. The number of alkyl halides is 2. The number of aliphatic carboxylic acids is 1. The summed E-state index contributed by atoms with van der Waals surface area (Å²) in [5, 5.41) is 11.9. The first-order valence-electron chi connectivity index (χ1n) is 5.28. The minimum absolute atomic E-state index is 0.00845. The van der Waals surface area contributed by atoms with E-state index in [0.29, 0.717) is 5.56 Å². The Labute approximate surface area is 98.5 Å². The van der Waals surface area contributed by atoms with E-state index in [2.05, 4.69) is 5.32 Å². The quantitative estimate of drug-likeness (QED) is 0.836. The molecule has 0 aromatic heterocycles. The second-order valence-electron chi connectivity index (χ2n) is 4.06. The summed E-state index contributed by atoms with van der Waals surface area (Å²) in [6.07, 6.45) is -2.54. The zero-order chi connectivity index (χ0) is 13.0. The molecule has 0 aliphatic heterocycles. The lowest BCUT2D eigenvalue weighted by Gasteiger charge is -2.17. The molecule has 0 aliphatic carbocycles. The van der Waals surface area contributed by atoms with Crippen LogP contribution in [0.5, 0.6) is 0 Å². The Kier molecular flexibility index (Phi) is 4.57. The van der Waals surface area contributed by atoms with Gasteiger partial charge in [-0.25, -0.2) is 8.78 Å². The van der Waals surface area contributed by atoms with E-state index in [-0.39, 0.29) is 11.6 Å². The van der Waals surface area contributed by atoms with Gasteiger partial charge in [-0.3, -0.25) is 10.1 Å². The molecule has 1 rings (SSSR count). The van der Waals surface area contributed by atoms with Crippen LogP contribution in [0.2, 0.25) is 0 Å². The van der Waals surface area contributed by atoms with Crippen molar-refractivity contribution in [2.24, 2.45) is 0 Å². The maximum absolute atomic E-state index is 12.3. The average molecular weight is 243 g/mol. The van der Waals surface area contributed by atoms with Crippen LogP contribution in [0.1, 0.15) is 37.4 Å². The van der Waals surface area contributed by atoms with Gasteiger partial charge in [0.2, 0.25) is 0 Å². The average Bonchev–Trinajstić information content (AvgIpc) is 2.25. The highest BCUT2D eigenvalue weighted by Gasteiger charge is 2.20.